The Kier molecular flexibility index (Phi) is 8.91. The van der Waals surface area contributed by atoms with Gasteiger partial charge < -0.3 is 19.5 Å². The molecular formula is C19H34N6O4S. The van der Waals surface area contributed by atoms with Crippen LogP contribution in [0.3, 0.4) is 0 Å². The molecule has 0 bridgehead atoms. The quantitative estimate of drug-likeness (QED) is 0.329. The summed E-state index contributed by atoms with van der Waals surface area (Å²) in [6, 6.07) is 1.59. The van der Waals surface area contributed by atoms with E-state index in [1.54, 1.807) is 6.07 Å². The van der Waals surface area contributed by atoms with Crippen LogP contribution in [0.1, 0.15) is 25.5 Å². The summed E-state index contributed by atoms with van der Waals surface area (Å²) in [5.41, 5.74) is 0.435. The van der Waals surface area contributed by atoms with Crippen LogP contribution in [0.5, 0.6) is 0 Å². The number of hydrogen-bond donors (Lipinski definition) is 1. The number of guanidine groups is 1. The van der Waals surface area contributed by atoms with Crippen molar-refractivity contribution in [1.82, 2.24) is 24.6 Å². The molecule has 0 spiro atoms. The van der Waals surface area contributed by atoms with E-state index in [-0.39, 0.29) is 5.75 Å². The first-order valence-electron chi connectivity index (χ1n) is 10.8. The van der Waals surface area contributed by atoms with E-state index in [0.717, 1.165) is 64.7 Å². The minimum Gasteiger partial charge on any atom is -0.379 e. The number of rotatable bonds is 9. The van der Waals surface area contributed by atoms with Gasteiger partial charge in [0.25, 0.3) is 0 Å². The molecule has 0 amide bonds. The summed E-state index contributed by atoms with van der Waals surface area (Å²) >= 11 is 0. The Morgan fingerprint density at radius 1 is 1.17 bits per heavy atom. The minimum absolute atomic E-state index is 0.124. The third-order valence-electron chi connectivity index (χ3n) is 5.34. The van der Waals surface area contributed by atoms with Gasteiger partial charge in [-0.15, -0.1) is 0 Å². The fourth-order valence-corrected chi connectivity index (χ4v) is 5.08. The Hall–Kier alpha value is -1.69. The summed E-state index contributed by atoms with van der Waals surface area (Å²) in [4.78, 5) is 9.35. The molecule has 1 aromatic rings. The van der Waals surface area contributed by atoms with Gasteiger partial charge in [-0.1, -0.05) is 5.16 Å². The zero-order valence-corrected chi connectivity index (χ0v) is 18.6. The van der Waals surface area contributed by atoms with Crippen LogP contribution in [0.4, 0.5) is 0 Å². The molecule has 10 nitrogen and oxygen atoms in total. The number of aliphatic imine (C=N–C) groups is 1. The van der Waals surface area contributed by atoms with Crippen LogP contribution >= 0.6 is 0 Å². The number of sulfonamides is 1. The van der Waals surface area contributed by atoms with Gasteiger partial charge in [-0.2, -0.15) is 4.31 Å². The molecule has 11 heteroatoms. The third-order valence-corrected chi connectivity index (χ3v) is 7.15. The van der Waals surface area contributed by atoms with E-state index in [0.29, 0.717) is 31.9 Å². The predicted octanol–water partition coefficient (Wildman–Crippen LogP) is 0.200. The van der Waals surface area contributed by atoms with Gasteiger partial charge >= 0.3 is 0 Å². The second kappa shape index (κ2) is 11.6. The second-order valence-electron chi connectivity index (χ2n) is 7.53. The van der Waals surface area contributed by atoms with Crippen molar-refractivity contribution in [2.75, 3.05) is 72.1 Å². The van der Waals surface area contributed by atoms with E-state index in [1.807, 2.05) is 6.92 Å². The van der Waals surface area contributed by atoms with Crippen LogP contribution in [0, 0.1) is 0 Å². The summed E-state index contributed by atoms with van der Waals surface area (Å²) in [6.45, 7) is 10.6. The number of nitrogens with zero attached hydrogens (tertiary/aromatic N) is 5. The van der Waals surface area contributed by atoms with E-state index in [9.17, 15) is 8.42 Å². The summed E-state index contributed by atoms with van der Waals surface area (Å²) in [5.74, 6) is 0.748. The lowest BCUT2D eigenvalue weighted by Crippen LogP contribution is -2.53. The molecule has 0 saturated carbocycles. The SMILES string of the molecule is CCNC(=NCCCCN1CCOCC1)N1CCN(S(=O)(=O)Cc2ccon2)CC1. The second-order valence-corrected chi connectivity index (χ2v) is 9.50. The highest BCUT2D eigenvalue weighted by molar-refractivity contribution is 7.88. The molecule has 0 unspecified atom stereocenters. The number of aromatic nitrogens is 1. The number of hydrogen-bond acceptors (Lipinski definition) is 7. The van der Waals surface area contributed by atoms with E-state index in [2.05, 4.69) is 20.3 Å². The van der Waals surface area contributed by atoms with Crippen LogP contribution < -0.4 is 5.32 Å². The molecule has 2 fully saturated rings. The largest absolute Gasteiger partial charge is 0.379 e. The maximum Gasteiger partial charge on any atom is 0.220 e. The zero-order chi connectivity index (χ0) is 21.2. The number of morpholine rings is 1. The molecule has 0 aliphatic carbocycles. The lowest BCUT2D eigenvalue weighted by Gasteiger charge is -2.35. The highest BCUT2D eigenvalue weighted by Gasteiger charge is 2.28. The summed E-state index contributed by atoms with van der Waals surface area (Å²) in [5, 5.41) is 7.05. The molecule has 2 aliphatic heterocycles. The number of unbranched alkanes of at least 4 members (excludes halogenated alkanes) is 1. The van der Waals surface area contributed by atoms with Crippen molar-refractivity contribution >= 4 is 16.0 Å². The van der Waals surface area contributed by atoms with Crippen molar-refractivity contribution < 1.29 is 17.7 Å². The lowest BCUT2D eigenvalue weighted by atomic mass is 10.3. The third kappa shape index (κ3) is 6.93. The van der Waals surface area contributed by atoms with Gasteiger partial charge in [-0.3, -0.25) is 9.89 Å². The Morgan fingerprint density at radius 2 is 1.93 bits per heavy atom. The van der Waals surface area contributed by atoms with Crippen molar-refractivity contribution in [1.29, 1.82) is 0 Å². The van der Waals surface area contributed by atoms with E-state index in [4.69, 9.17) is 14.3 Å². The predicted molar refractivity (Wildman–Crippen MR) is 115 cm³/mol. The number of nitrogens with one attached hydrogen (secondary N) is 1. The normalized spacial score (nSPS) is 19.9. The Balaban J connectivity index is 1.43. The Labute approximate surface area is 179 Å². The highest BCUT2D eigenvalue weighted by Crippen LogP contribution is 2.13. The van der Waals surface area contributed by atoms with Crippen molar-refractivity contribution in [3.05, 3.63) is 18.0 Å². The number of piperazine rings is 1. The smallest absolute Gasteiger partial charge is 0.220 e. The first-order chi connectivity index (χ1) is 14.6. The fourth-order valence-electron chi connectivity index (χ4n) is 3.65. The minimum atomic E-state index is -3.39. The molecule has 0 radical (unpaired) electrons. The van der Waals surface area contributed by atoms with Gasteiger partial charge in [0.2, 0.25) is 10.0 Å². The molecule has 170 valence electrons. The molecule has 0 atom stereocenters. The van der Waals surface area contributed by atoms with Gasteiger partial charge in [0.05, 0.1) is 18.9 Å². The first kappa shape index (κ1) is 23.0. The summed E-state index contributed by atoms with van der Waals surface area (Å²) in [6.07, 6.45) is 3.55. The van der Waals surface area contributed by atoms with E-state index in [1.165, 1.54) is 10.6 Å². The maximum atomic E-state index is 12.6. The first-order valence-corrected chi connectivity index (χ1v) is 12.4. The van der Waals surface area contributed by atoms with Crippen molar-refractivity contribution in [2.45, 2.75) is 25.5 Å². The molecular weight excluding hydrogens is 408 g/mol. The van der Waals surface area contributed by atoms with Crippen molar-refractivity contribution in [2.24, 2.45) is 4.99 Å². The molecule has 0 aromatic carbocycles. The standard InChI is InChI=1S/C19H34N6O4S/c1-2-20-19(21-6-3-4-7-23-12-15-28-16-13-23)24-8-10-25(11-9-24)30(26,27)17-18-5-14-29-22-18/h5,14H,2-4,6-13,15-17H2,1H3,(H,20,21). The monoisotopic (exact) mass is 442 g/mol. The van der Waals surface area contributed by atoms with Crippen LogP contribution in [-0.2, 0) is 20.5 Å². The summed E-state index contributed by atoms with van der Waals surface area (Å²) < 4.78 is 36.8. The topological polar surface area (TPSA) is 104 Å². The lowest BCUT2D eigenvalue weighted by molar-refractivity contribution is 0.0373. The average Bonchev–Trinajstić information content (AvgIpc) is 3.26. The van der Waals surface area contributed by atoms with Crippen molar-refractivity contribution in [3.8, 4) is 0 Å². The zero-order valence-electron chi connectivity index (χ0n) is 17.8. The molecule has 30 heavy (non-hydrogen) atoms. The van der Waals surface area contributed by atoms with Crippen LogP contribution in [0.15, 0.2) is 21.8 Å². The Morgan fingerprint density at radius 3 is 2.60 bits per heavy atom. The Bertz CT molecular complexity index is 741. The molecule has 2 saturated heterocycles. The van der Waals surface area contributed by atoms with E-state index >= 15 is 0 Å². The van der Waals surface area contributed by atoms with Gasteiger partial charge in [-0.25, -0.2) is 8.42 Å². The maximum absolute atomic E-state index is 12.6. The van der Waals surface area contributed by atoms with Crippen molar-refractivity contribution in [3.63, 3.8) is 0 Å². The van der Waals surface area contributed by atoms with Gasteiger partial charge in [0.15, 0.2) is 5.96 Å². The molecule has 2 aliphatic rings. The molecule has 3 heterocycles. The van der Waals surface area contributed by atoms with Crippen LogP contribution in [-0.4, -0.2) is 106 Å². The highest BCUT2D eigenvalue weighted by atomic mass is 32.2. The molecule has 1 aromatic heterocycles. The fraction of sp³-hybridized carbons (Fsp3) is 0.789. The van der Waals surface area contributed by atoms with Crippen LogP contribution in [0.2, 0.25) is 0 Å². The summed E-state index contributed by atoms with van der Waals surface area (Å²) in [7, 11) is -3.39. The van der Waals surface area contributed by atoms with E-state index < -0.39 is 10.0 Å². The van der Waals surface area contributed by atoms with Gasteiger partial charge in [0, 0.05) is 58.4 Å². The number of ether oxygens (including phenoxy) is 1. The molecule has 3 rings (SSSR count). The van der Waals surface area contributed by atoms with Gasteiger partial charge in [-0.05, 0) is 26.3 Å². The molecule has 1 N–H and O–H groups in total. The van der Waals surface area contributed by atoms with Gasteiger partial charge in [0.1, 0.15) is 12.0 Å². The van der Waals surface area contributed by atoms with Crippen LogP contribution in [0.25, 0.3) is 0 Å². The average molecular weight is 443 g/mol.